The predicted octanol–water partition coefficient (Wildman–Crippen LogP) is 0.781. The fourth-order valence-electron chi connectivity index (χ4n) is 1.72. The van der Waals surface area contributed by atoms with Crippen molar-refractivity contribution in [1.29, 1.82) is 0 Å². The van der Waals surface area contributed by atoms with Crippen LogP contribution in [-0.4, -0.2) is 27.2 Å². The number of nitrogens with two attached hydrogens (primary N) is 1. The molecule has 1 amide bonds. The number of amides is 1. The number of hydrogen-bond donors (Lipinski definition) is 2. The molecule has 1 heterocycles. The van der Waals surface area contributed by atoms with Crippen LogP contribution in [0.15, 0.2) is 12.3 Å². The van der Waals surface area contributed by atoms with Gasteiger partial charge in [-0.1, -0.05) is 25.6 Å². The van der Waals surface area contributed by atoms with Crippen molar-refractivity contribution in [2.45, 2.75) is 26.2 Å². The maximum atomic E-state index is 11.9. The van der Waals surface area contributed by atoms with Gasteiger partial charge in [-0.15, -0.1) is 0 Å². The quantitative estimate of drug-likeness (QED) is 0.717. The number of nitrogens with zero attached hydrogens (tertiary/aromatic N) is 2. The minimum atomic E-state index is -0.353. The van der Waals surface area contributed by atoms with Crippen molar-refractivity contribution in [3.05, 3.63) is 18.0 Å². The van der Waals surface area contributed by atoms with Crippen LogP contribution in [0.4, 0.5) is 0 Å². The maximum Gasteiger partial charge on any atom is 0.229 e. The molecule has 0 aliphatic carbocycles. The summed E-state index contributed by atoms with van der Waals surface area (Å²) in [4.78, 5) is 12.1. The summed E-state index contributed by atoms with van der Waals surface area (Å²) in [5, 5.41) is 7.09. The lowest BCUT2D eigenvalue weighted by Gasteiger charge is -2.14. The molecule has 0 aromatic carbocycles. The highest BCUT2D eigenvalue weighted by Gasteiger charge is 2.19. The molecule has 100 valence electrons. The zero-order valence-corrected chi connectivity index (χ0v) is 11.7. The largest absolute Gasteiger partial charge is 0.393 e. The number of carbonyl (C=O) groups excluding carboxylic acids is 1. The highest BCUT2D eigenvalue weighted by molar-refractivity contribution is 7.80. The Balaban J connectivity index is 2.37. The van der Waals surface area contributed by atoms with Crippen LogP contribution in [0, 0.1) is 5.92 Å². The second-order valence-corrected chi connectivity index (χ2v) is 4.74. The van der Waals surface area contributed by atoms with E-state index in [1.165, 1.54) is 0 Å². The third-order valence-electron chi connectivity index (χ3n) is 2.69. The zero-order valence-electron chi connectivity index (χ0n) is 10.8. The predicted molar refractivity (Wildman–Crippen MR) is 75.1 cm³/mol. The van der Waals surface area contributed by atoms with E-state index in [4.69, 9.17) is 18.0 Å². The molecular formula is C12H20N4OS. The third-order valence-corrected chi connectivity index (χ3v) is 2.97. The first-order valence-corrected chi connectivity index (χ1v) is 6.51. The normalized spacial score (nSPS) is 12.1. The Labute approximate surface area is 113 Å². The first-order valence-electron chi connectivity index (χ1n) is 6.10. The Kier molecular flexibility index (Phi) is 5.77. The van der Waals surface area contributed by atoms with Gasteiger partial charge in [0.15, 0.2) is 0 Å². The molecule has 0 bridgehead atoms. The van der Waals surface area contributed by atoms with Gasteiger partial charge in [-0.2, -0.15) is 5.10 Å². The van der Waals surface area contributed by atoms with Gasteiger partial charge in [-0.3, -0.25) is 9.48 Å². The van der Waals surface area contributed by atoms with E-state index < -0.39 is 0 Å². The average Bonchev–Trinajstić information content (AvgIpc) is 2.71. The Morgan fingerprint density at radius 2 is 2.39 bits per heavy atom. The van der Waals surface area contributed by atoms with E-state index in [2.05, 4.69) is 10.4 Å². The van der Waals surface area contributed by atoms with Crippen LogP contribution in [0.3, 0.4) is 0 Å². The average molecular weight is 268 g/mol. The molecule has 0 aliphatic rings. The van der Waals surface area contributed by atoms with Crippen LogP contribution in [0.5, 0.6) is 0 Å². The van der Waals surface area contributed by atoms with Crippen LogP contribution >= 0.6 is 12.2 Å². The SMILES string of the molecule is CCCC(C(=O)NCCc1ccn(C)n1)C(N)=S. The number of thiocarbonyl (C=S) groups is 1. The van der Waals surface area contributed by atoms with Gasteiger partial charge in [0.25, 0.3) is 0 Å². The molecule has 1 rings (SSSR count). The summed E-state index contributed by atoms with van der Waals surface area (Å²) in [5.41, 5.74) is 6.52. The van der Waals surface area contributed by atoms with Crippen molar-refractivity contribution in [2.75, 3.05) is 6.54 Å². The highest BCUT2D eigenvalue weighted by Crippen LogP contribution is 2.07. The molecule has 0 aliphatic heterocycles. The minimum absolute atomic E-state index is 0.0831. The van der Waals surface area contributed by atoms with Crippen LogP contribution < -0.4 is 11.1 Å². The molecule has 1 atom stereocenters. The second kappa shape index (κ2) is 7.10. The third kappa shape index (κ3) is 4.44. The molecule has 3 N–H and O–H groups in total. The van der Waals surface area contributed by atoms with Crippen LogP contribution in [0.1, 0.15) is 25.5 Å². The number of aryl methyl sites for hydroxylation is 1. The van der Waals surface area contributed by atoms with E-state index in [-0.39, 0.29) is 16.8 Å². The highest BCUT2D eigenvalue weighted by atomic mass is 32.1. The topological polar surface area (TPSA) is 72.9 Å². The monoisotopic (exact) mass is 268 g/mol. The Bertz CT molecular complexity index is 416. The van der Waals surface area contributed by atoms with Gasteiger partial charge in [-0.25, -0.2) is 0 Å². The molecule has 0 saturated heterocycles. The summed E-state index contributed by atoms with van der Waals surface area (Å²) in [6.07, 6.45) is 4.18. The lowest BCUT2D eigenvalue weighted by Crippen LogP contribution is -2.38. The molecule has 5 nitrogen and oxygen atoms in total. The van der Waals surface area contributed by atoms with Gasteiger partial charge in [-0.05, 0) is 12.5 Å². The van der Waals surface area contributed by atoms with E-state index in [0.717, 1.165) is 12.1 Å². The van der Waals surface area contributed by atoms with E-state index in [1.54, 1.807) is 4.68 Å². The summed E-state index contributed by atoms with van der Waals surface area (Å²) < 4.78 is 1.74. The summed E-state index contributed by atoms with van der Waals surface area (Å²) in [5.74, 6) is -0.436. The van der Waals surface area contributed by atoms with Crippen LogP contribution in [-0.2, 0) is 18.3 Å². The summed E-state index contributed by atoms with van der Waals surface area (Å²) in [7, 11) is 1.87. The van der Waals surface area contributed by atoms with Gasteiger partial charge in [0.2, 0.25) is 5.91 Å². The van der Waals surface area contributed by atoms with E-state index in [0.29, 0.717) is 19.4 Å². The molecule has 6 heteroatoms. The van der Waals surface area contributed by atoms with Crippen molar-refractivity contribution in [3.63, 3.8) is 0 Å². The summed E-state index contributed by atoms with van der Waals surface area (Å²) >= 11 is 4.91. The lowest BCUT2D eigenvalue weighted by atomic mass is 10.0. The molecule has 1 unspecified atom stereocenters. The molecule has 1 aromatic rings. The molecule has 0 saturated carbocycles. The molecular weight excluding hydrogens is 248 g/mol. The first kappa shape index (κ1) is 14.6. The minimum Gasteiger partial charge on any atom is -0.393 e. The Morgan fingerprint density at radius 3 is 2.89 bits per heavy atom. The molecule has 1 aromatic heterocycles. The summed E-state index contributed by atoms with van der Waals surface area (Å²) in [6.45, 7) is 2.56. The van der Waals surface area contributed by atoms with Gasteiger partial charge in [0.1, 0.15) is 0 Å². The zero-order chi connectivity index (χ0) is 13.5. The van der Waals surface area contributed by atoms with Crippen molar-refractivity contribution in [1.82, 2.24) is 15.1 Å². The lowest BCUT2D eigenvalue weighted by molar-refractivity contribution is -0.123. The van der Waals surface area contributed by atoms with Crippen molar-refractivity contribution in [3.8, 4) is 0 Å². The smallest absolute Gasteiger partial charge is 0.229 e. The fourth-order valence-corrected chi connectivity index (χ4v) is 1.95. The van der Waals surface area contributed by atoms with Crippen LogP contribution in [0.2, 0.25) is 0 Å². The van der Waals surface area contributed by atoms with Crippen molar-refractivity contribution >= 4 is 23.1 Å². The van der Waals surface area contributed by atoms with E-state index >= 15 is 0 Å². The number of hydrogen-bond acceptors (Lipinski definition) is 3. The van der Waals surface area contributed by atoms with Gasteiger partial charge < -0.3 is 11.1 Å². The summed E-state index contributed by atoms with van der Waals surface area (Å²) in [6, 6.07) is 1.93. The first-order chi connectivity index (χ1) is 8.54. The van der Waals surface area contributed by atoms with Crippen molar-refractivity contribution in [2.24, 2.45) is 18.7 Å². The molecule has 0 radical (unpaired) electrons. The van der Waals surface area contributed by atoms with Gasteiger partial charge in [0.05, 0.1) is 16.6 Å². The number of nitrogens with one attached hydrogen (secondary N) is 1. The number of rotatable bonds is 7. The standard InChI is InChI=1S/C12H20N4OS/c1-3-4-10(11(13)18)12(17)14-7-5-9-6-8-16(2)15-9/h6,8,10H,3-5,7H2,1-2H3,(H2,13,18)(H,14,17). The maximum absolute atomic E-state index is 11.9. The van der Waals surface area contributed by atoms with E-state index in [1.807, 2.05) is 26.2 Å². The second-order valence-electron chi connectivity index (χ2n) is 4.27. The molecule has 0 fully saturated rings. The van der Waals surface area contributed by atoms with Gasteiger partial charge >= 0.3 is 0 Å². The number of aromatic nitrogens is 2. The number of carbonyl (C=O) groups is 1. The Hall–Kier alpha value is -1.43. The van der Waals surface area contributed by atoms with Crippen molar-refractivity contribution < 1.29 is 4.79 Å². The molecule has 0 spiro atoms. The fraction of sp³-hybridized carbons (Fsp3) is 0.583. The molecule has 18 heavy (non-hydrogen) atoms. The van der Waals surface area contributed by atoms with E-state index in [9.17, 15) is 4.79 Å². The van der Waals surface area contributed by atoms with Crippen LogP contribution in [0.25, 0.3) is 0 Å². The van der Waals surface area contributed by atoms with Gasteiger partial charge in [0, 0.05) is 26.2 Å². The Morgan fingerprint density at radius 1 is 1.67 bits per heavy atom.